The molecular formula is C34H48N6O5. The van der Waals surface area contributed by atoms with Crippen LogP contribution in [0.25, 0.3) is 11.0 Å². The van der Waals surface area contributed by atoms with E-state index in [1.165, 1.54) is 0 Å². The van der Waals surface area contributed by atoms with E-state index in [9.17, 15) is 19.5 Å². The zero-order chi connectivity index (χ0) is 32.4. The first kappa shape index (κ1) is 32.8. The Morgan fingerprint density at radius 1 is 1.11 bits per heavy atom. The van der Waals surface area contributed by atoms with E-state index in [4.69, 9.17) is 4.74 Å². The van der Waals surface area contributed by atoms with Crippen molar-refractivity contribution < 1.29 is 24.2 Å². The molecule has 3 aliphatic rings. The van der Waals surface area contributed by atoms with E-state index in [1.54, 1.807) is 31.5 Å². The van der Waals surface area contributed by atoms with Gasteiger partial charge in [0, 0.05) is 32.8 Å². The molecule has 0 saturated carbocycles. The number of amides is 3. The molecule has 45 heavy (non-hydrogen) atoms. The Hall–Kier alpha value is -3.57. The standard InChI is InChI=1S/C34H48N6O5/c1-6-17-37(18-7-2)30(42)27-28-31(43)39(20-13-9-10-14-21-41)29(34(28)22-24(4)33(27,5)45-34)32(44)38(19-8-3)23-40-26-16-12-11-15-25(26)35-36-40/h6,8,11-12,15-16,24,27-29,41H,1,3,7,9-10,13-14,17-23H2,2,4-5H3/t24?,27-,28-,29?,33+,34?/m0/s1. The summed E-state index contributed by atoms with van der Waals surface area (Å²) >= 11 is 0. The molecule has 6 atom stereocenters. The molecule has 1 aromatic carbocycles. The fourth-order valence-electron chi connectivity index (χ4n) is 8.03. The number of nitrogens with zero attached hydrogens (tertiary/aromatic N) is 6. The van der Waals surface area contributed by atoms with Gasteiger partial charge >= 0.3 is 0 Å². The van der Waals surface area contributed by atoms with Gasteiger partial charge in [0.05, 0.1) is 23.0 Å². The van der Waals surface area contributed by atoms with Crippen molar-refractivity contribution in [3.05, 3.63) is 49.6 Å². The molecule has 2 bridgehead atoms. The number of rotatable bonds is 16. The second kappa shape index (κ2) is 13.4. The fourth-order valence-corrected chi connectivity index (χ4v) is 8.03. The van der Waals surface area contributed by atoms with E-state index < -0.39 is 29.1 Å². The van der Waals surface area contributed by atoms with Crippen molar-refractivity contribution in [1.29, 1.82) is 0 Å². The largest absolute Gasteiger partial charge is 0.396 e. The lowest BCUT2D eigenvalue weighted by molar-refractivity contribution is -0.155. The van der Waals surface area contributed by atoms with Crippen LogP contribution in [0.3, 0.4) is 0 Å². The van der Waals surface area contributed by atoms with Crippen molar-refractivity contribution in [3.8, 4) is 0 Å². The number of hydrogen-bond donors (Lipinski definition) is 1. The van der Waals surface area contributed by atoms with Crippen LogP contribution in [0, 0.1) is 17.8 Å². The normalized spacial score (nSPS) is 28.4. The predicted molar refractivity (Wildman–Crippen MR) is 171 cm³/mol. The van der Waals surface area contributed by atoms with Crippen LogP contribution in [0.2, 0.25) is 0 Å². The average molecular weight is 621 g/mol. The molecule has 1 aromatic heterocycles. The molecule has 1 spiro atoms. The molecule has 244 valence electrons. The summed E-state index contributed by atoms with van der Waals surface area (Å²) in [7, 11) is 0. The SMILES string of the molecule is C=CCN(Cn1nnc2ccccc21)C(=O)C1N(CCCCCCO)C(=O)[C@@H]2[C@@H](C(=O)N(CC=C)CCC)[C@]3(C)OC12CC3C. The molecule has 0 aliphatic carbocycles. The third kappa shape index (κ3) is 5.58. The van der Waals surface area contributed by atoms with Crippen LogP contribution in [-0.2, 0) is 25.8 Å². The van der Waals surface area contributed by atoms with Crippen molar-refractivity contribution in [2.45, 2.75) is 83.2 Å². The number of ether oxygens (including phenoxy) is 1. The van der Waals surface area contributed by atoms with Crippen LogP contribution in [0.4, 0.5) is 0 Å². The van der Waals surface area contributed by atoms with Crippen molar-refractivity contribution >= 4 is 28.8 Å². The van der Waals surface area contributed by atoms with Gasteiger partial charge in [-0.3, -0.25) is 14.4 Å². The highest BCUT2D eigenvalue weighted by atomic mass is 16.5. The molecule has 3 saturated heterocycles. The van der Waals surface area contributed by atoms with Gasteiger partial charge in [0.2, 0.25) is 17.7 Å². The van der Waals surface area contributed by atoms with Crippen LogP contribution < -0.4 is 0 Å². The molecule has 11 nitrogen and oxygen atoms in total. The van der Waals surface area contributed by atoms with Crippen molar-refractivity contribution in [2.75, 3.05) is 32.8 Å². The van der Waals surface area contributed by atoms with Gasteiger partial charge in [-0.05, 0) is 50.7 Å². The lowest BCUT2D eigenvalue weighted by Crippen LogP contribution is -2.57. The highest BCUT2D eigenvalue weighted by Crippen LogP contribution is 2.65. The number of aliphatic hydroxyl groups excluding tert-OH is 1. The smallest absolute Gasteiger partial charge is 0.250 e. The van der Waals surface area contributed by atoms with E-state index in [-0.39, 0.29) is 43.5 Å². The molecule has 3 aliphatic heterocycles. The summed E-state index contributed by atoms with van der Waals surface area (Å²) < 4.78 is 8.64. The number of aromatic nitrogens is 3. The molecule has 0 radical (unpaired) electrons. The Morgan fingerprint density at radius 2 is 1.82 bits per heavy atom. The molecular weight excluding hydrogens is 572 g/mol. The number of para-hydroxylation sites is 1. The Bertz CT molecular complexity index is 1430. The number of fused-ring (bicyclic) bond motifs is 2. The molecule has 4 heterocycles. The van der Waals surface area contributed by atoms with E-state index >= 15 is 0 Å². The summed E-state index contributed by atoms with van der Waals surface area (Å²) in [5.74, 6) is -2.07. The van der Waals surface area contributed by atoms with Gasteiger partial charge in [-0.1, -0.05) is 56.2 Å². The van der Waals surface area contributed by atoms with Crippen molar-refractivity contribution in [2.24, 2.45) is 17.8 Å². The summed E-state index contributed by atoms with van der Waals surface area (Å²) in [6.45, 7) is 15.6. The third-order valence-electron chi connectivity index (χ3n) is 10.2. The minimum Gasteiger partial charge on any atom is -0.396 e. The zero-order valence-corrected chi connectivity index (χ0v) is 26.9. The summed E-state index contributed by atoms with van der Waals surface area (Å²) in [6.07, 6.45) is 7.67. The quantitative estimate of drug-likeness (QED) is 0.226. The second-order valence-electron chi connectivity index (χ2n) is 13.0. The first-order chi connectivity index (χ1) is 21.7. The lowest BCUT2D eigenvalue weighted by atomic mass is 9.62. The molecule has 1 N–H and O–H groups in total. The number of carbonyl (C=O) groups excluding carboxylic acids is 3. The minimum absolute atomic E-state index is 0.0466. The average Bonchev–Trinajstić information content (AvgIpc) is 3.69. The Kier molecular flexibility index (Phi) is 9.79. The van der Waals surface area contributed by atoms with Gasteiger partial charge in [0.25, 0.3) is 0 Å². The number of aliphatic hydroxyl groups is 1. The summed E-state index contributed by atoms with van der Waals surface area (Å²) in [6, 6.07) is 6.67. The first-order valence-electron chi connectivity index (χ1n) is 16.4. The van der Waals surface area contributed by atoms with Gasteiger partial charge in [-0.2, -0.15) is 0 Å². The van der Waals surface area contributed by atoms with E-state index in [2.05, 4.69) is 30.4 Å². The molecule has 3 fully saturated rings. The van der Waals surface area contributed by atoms with E-state index in [0.29, 0.717) is 38.9 Å². The number of hydrogen-bond acceptors (Lipinski definition) is 7. The Morgan fingerprint density at radius 3 is 2.53 bits per heavy atom. The van der Waals surface area contributed by atoms with Gasteiger partial charge in [-0.25, -0.2) is 4.68 Å². The topological polar surface area (TPSA) is 121 Å². The third-order valence-corrected chi connectivity index (χ3v) is 10.2. The monoisotopic (exact) mass is 620 g/mol. The van der Waals surface area contributed by atoms with Crippen LogP contribution in [-0.4, -0.2) is 103 Å². The highest BCUT2D eigenvalue weighted by Gasteiger charge is 2.80. The number of carbonyl (C=O) groups is 3. The van der Waals surface area contributed by atoms with Gasteiger partial charge < -0.3 is 24.5 Å². The molecule has 3 unspecified atom stereocenters. The zero-order valence-electron chi connectivity index (χ0n) is 26.9. The maximum absolute atomic E-state index is 14.8. The first-order valence-corrected chi connectivity index (χ1v) is 16.4. The van der Waals surface area contributed by atoms with Crippen LogP contribution in [0.15, 0.2) is 49.6 Å². The van der Waals surface area contributed by atoms with Gasteiger partial charge in [-0.15, -0.1) is 18.3 Å². The predicted octanol–water partition coefficient (Wildman–Crippen LogP) is 3.39. The maximum atomic E-state index is 14.8. The Labute approximate surface area is 265 Å². The van der Waals surface area contributed by atoms with Crippen LogP contribution >= 0.6 is 0 Å². The number of unbranched alkanes of at least 4 members (excludes halogenated alkanes) is 3. The molecule has 11 heteroatoms. The number of benzene rings is 1. The van der Waals surface area contributed by atoms with Crippen LogP contribution in [0.1, 0.15) is 59.3 Å². The van der Waals surface area contributed by atoms with Gasteiger partial charge in [0.15, 0.2) is 0 Å². The van der Waals surface area contributed by atoms with Crippen LogP contribution in [0.5, 0.6) is 0 Å². The van der Waals surface area contributed by atoms with Crippen molar-refractivity contribution in [1.82, 2.24) is 29.7 Å². The molecule has 2 aromatic rings. The second-order valence-corrected chi connectivity index (χ2v) is 13.0. The maximum Gasteiger partial charge on any atom is 0.250 e. The number of likely N-dealkylation sites (tertiary alicyclic amines) is 1. The fraction of sp³-hybridized carbons (Fsp3) is 0.618. The van der Waals surface area contributed by atoms with E-state index in [0.717, 1.165) is 30.3 Å². The highest BCUT2D eigenvalue weighted by molar-refractivity contribution is 5.99. The minimum atomic E-state index is -1.14. The summed E-state index contributed by atoms with van der Waals surface area (Å²) in [4.78, 5) is 48.9. The molecule has 3 amide bonds. The molecule has 5 rings (SSSR count). The summed E-state index contributed by atoms with van der Waals surface area (Å²) in [5.41, 5.74) is -0.507. The summed E-state index contributed by atoms with van der Waals surface area (Å²) in [5, 5.41) is 17.8. The lowest BCUT2D eigenvalue weighted by Gasteiger charge is -2.39. The van der Waals surface area contributed by atoms with E-state index in [1.807, 2.05) is 38.1 Å². The van der Waals surface area contributed by atoms with Crippen molar-refractivity contribution in [3.63, 3.8) is 0 Å². The Balaban J connectivity index is 1.54. The van der Waals surface area contributed by atoms with Gasteiger partial charge in [0.1, 0.15) is 23.8 Å².